The van der Waals surface area contributed by atoms with E-state index in [9.17, 15) is 8.42 Å². The maximum absolute atomic E-state index is 13.0. The first kappa shape index (κ1) is 16.8. The minimum absolute atomic E-state index is 0.140. The molecule has 0 heterocycles. The van der Waals surface area contributed by atoms with Gasteiger partial charge >= 0.3 is 0 Å². The second kappa shape index (κ2) is 6.45. The lowest BCUT2D eigenvalue weighted by atomic mass is 10.1. The molecule has 0 radical (unpaired) electrons. The fraction of sp³-hybridized carbons (Fsp3) is 0.333. The van der Waals surface area contributed by atoms with Crippen LogP contribution in [0.1, 0.15) is 23.6 Å². The van der Waals surface area contributed by atoms with Gasteiger partial charge in [0.05, 0.1) is 25.2 Å². The summed E-state index contributed by atoms with van der Waals surface area (Å²) in [6, 6.07) is 12.5. The smallest absolute Gasteiger partial charge is 0.243 e. The van der Waals surface area contributed by atoms with Crippen molar-refractivity contribution in [2.45, 2.75) is 23.8 Å². The van der Waals surface area contributed by atoms with E-state index in [1.807, 2.05) is 18.2 Å². The van der Waals surface area contributed by atoms with Crippen LogP contribution in [0, 0.1) is 0 Å². The molecule has 0 spiro atoms. The maximum atomic E-state index is 13.0. The minimum Gasteiger partial charge on any atom is -0.493 e. The molecule has 1 aliphatic carbocycles. The van der Waals surface area contributed by atoms with Crippen molar-refractivity contribution in [3.63, 3.8) is 0 Å². The van der Waals surface area contributed by atoms with E-state index >= 15 is 0 Å². The predicted molar refractivity (Wildman–Crippen MR) is 92.0 cm³/mol. The summed E-state index contributed by atoms with van der Waals surface area (Å²) in [4.78, 5) is 0.201. The average Bonchev–Trinajstić information content (AvgIpc) is 3.04. The Kier molecular flexibility index (Phi) is 4.51. The number of nitrogens with zero attached hydrogens (tertiary/aromatic N) is 1. The SMILES string of the molecule is COc1ccc(S(=O)(=O)N(C)C2CCc3ccccc32)cc1OC. The molecule has 6 heteroatoms. The van der Waals surface area contributed by atoms with Crippen LogP contribution in [0.25, 0.3) is 0 Å². The molecule has 128 valence electrons. The highest BCUT2D eigenvalue weighted by atomic mass is 32.2. The summed E-state index contributed by atoms with van der Waals surface area (Å²) in [6.45, 7) is 0. The van der Waals surface area contributed by atoms with E-state index in [1.54, 1.807) is 19.2 Å². The van der Waals surface area contributed by atoms with Gasteiger partial charge in [-0.05, 0) is 36.1 Å². The van der Waals surface area contributed by atoms with Gasteiger partial charge in [0.1, 0.15) is 0 Å². The van der Waals surface area contributed by atoms with Gasteiger partial charge in [0.2, 0.25) is 10.0 Å². The van der Waals surface area contributed by atoms with E-state index in [2.05, 4.69) is 6.07 Å². The lowest BCUT2D eigenvalue weighted by Gasteiger charge is -2.25. The largest absolute Gasteiger partial charge is 0.493 e. The summed E-state index contributed by atoms with van der Waals surface area (Å²) in [5.41, 5.74) is 2.31. The van der Waals surface area contributed by atoms with E-state index in [4.69, 9.17) is 9.47 Å². The number of methoxy groups -OCH3 is 2. The molecule has 0 aromatic heterocycles. The molecule has 2 aromatic carbocycles. The molecule has 0 saturated carbocycles. The van der Waals surface area contributed by atoms with Crippen LogP contribution < -0.4 is 9.47 Å². The van der Waals surface area contributed by atoms with Crippen LogP contribution in [-0.4, -0.2) is 34.0 Å². The normalized spacial score (nSPS) is 16.9. The van der Waals surface area contributed by atoms with Gasteiger partial charge in [-0.1, -0.05) is 24.3 Å². The average molecular weight is 347 g/mol. The standard InChI is InChI=1S/C18H21NO4S/c1-19(16-10-8-13-6-4-5-7-15(13)16)24(20,21)14-9-11-17(22-2)18(12-14)23-3/h4-7,9,11-12,16H,8,10H2,1-3H3. The Morgan fingerprint density at radius 1 is 1.04 bits per heavy atom. The van der Waals surface area contributed by atoms with Crippen molar-refractivity contribution >= 4 is 10.0 Å². The van der Waals surface area contributed by atoms with Gasteiger partial charge in [-0.2, -0.15) is 4.31 Å². The van der Waals surface area contributed by atoms with Crippen LogP contribution in [0.2, 0.25) is 0 Å². The van der Waals surface area contributed by atoms with Crippen molar-refractivity contribution in [1.29, 1.82) is 0 Å². The van der Waals surface area contributed by atoms with E-state index in [-0.39, 0.29) is 10.9 Å². The highest BCUT2D eigenvalue weighted by Gasteiger charge is 2.33. The summed E-state index contributed by atoms with van der Waals surface area (Å²) >= 11 is 0. The number of rotatable bonds is 5. The highest BCUT2D eigenvalue weighted by Crippen LogP contribution is 2.38. The summed E-state index contributed by atoms with van der Waals surface area (Å²) in [5, 5.41) is 0. The zero-order valence-corrected chi connectivity index (χ0v) is 14.8. The highest BCUT2D eigenvalue weighted by molar-refractivity contribution is 7.89. The Morgan fingerprint density at radius 2 is 1.75 bits per heavy atom. The molecule has 5 nitrogen and oxygen atoms in total. The van der Waals surface area contributed by atoms with E-state index < -0.39 is 10.0 Å². The van der Waals surface area contributed by atoms with Crippen LogP contribution in [0.15, 0.2) is 47.4 Å². The lowest BCUT2D eigenvalue weighted by molar-refractivity contribution is 0.352. The van der Waals surface area contributed by atoms with Crippen molar-refractivity contribution in [2.75, 3.05) is 21.3 Å². The summed E-state index contributed by atoms with van der Waals surface area (Å²) in [7, 11) is 1.03. The third kappa shape index (κ3) is 2.76. The zero-order chi connectivity index (χ0) is 17.3. The van der Waals surface area contributed by atoms with Crippen molar-refractivity contribution in [2.24, 2.45) is 0 Å². The topological polar surface area (TPSA) is 55.8 Å². The summed E-state index contributed by atoms with van der Waals surface area (Å²) < 4.78 is 37.9. The van der Waals surface area contributed by atoms with Gasteiger partial charge in [-0.25, -0.2) is 8.42 Å². The molecular formula is C18H21NO4S. The van der Waals surface area contributed by atoms with Crippen LogP contribution in [0.5, 0.6) is 11.5 Å². The first-order valence-corrected chi connectivity index (χ1v) is 9.21. The molecule has 3 rings (SSSR count). The van der Waals surface area contributed by atoms with Crippen LogP contribution in [0.3, 0.4) is 0 Å². The second-order valence-corrected chi connectivity index (χ2v) is 7.79. The Hall–Kier alpha value is -2.05. The molecule has 1 aliphatic rings. The number of aryl methyl sites for hydroxylation is 1. The predicted octanol–water partition coefficient (Wildman–Crippen LogP) is 3.01. The second-order valence-electron chi connectivity index (χ2n) is 5.79. The molecule has 1 atom stereocenters. The monoisotopic (exact) mass is 347 g/mol. The molecule has 0 bridgehead atoms. The number of ether oxygens (including phenoxy) is 2. The van der Waals surface area contributed by atoms with Gasteiger partial charge in [-0.3, -0.25) is 0 Å². The van der Waals surface area contributed by atoms with E-state index in [0.717, 1.165) is 18.4 Å². The van der Waals surface area contributed by atoms with Crippen molar-refractivity contribution in [3.05, 3.63) is 53.6 Å². The van der Waals surface area contributed by atoms with Crippen molar-refractivity contribution in [3.8, 4) is 11.5 Å². The van der Waals surface area contributed by atoms with E-state index in [1.165, 1.54) is 30.2 Å². The molecule has 0 fully saturated rings. The summed E-state index contributed by atoms with van der Waals surface area (Å²) in [6.07, 6.45) is 1.69. The molecule has 24 heavy (non-hydrogen) atoms. The zero-order valence-electron chi connectivity index (χ0n) is 14.0. The van der Waals surface area contributed by atoms with Crippen molar-refractivity contribution in [1.82, 2.24) is 4.31 Å². The van der Waals surface area contributed by atoms with Crippen molar-refractivity contribution < 1.29 is 17.9 Å². The number of hydrogen-bond donors (Lipinski definition) is 0. The number of fused-ring (bicyclic) bond motifs is 1. The Morgan fingerprint density at radius 3 is 2.46 bits per heavy atom. The first-order valence-electron chi connectivity index (χ1n) is 7.77. The minimum atomic E-state index is -3.62. The number of hydrogen-bond acceptors (Lipinski definition) is 4. The molecule has 0 saturated heterocycles. The van der Waals surface area contributed by atoms with Gasteiger partial charge in [0.25, 0.3) is 0 Å². The van der Waals surface area contributed by atoms with Gasteiger partial charge < -0.3 is 9.47 Å². The Balaban J connectivity index is 1.96. The molecule has 0 amide bonds. The third-order valence-electron chi connectivity index (χ3n) is 4.57. The van der Waals surface area contributed by atoms with Crippen LogP contribution in [0.4, 0.5) is 0 Å². The fourth-order valence-corrected chi connectivity index (χ4v) is 4.61. The molecule has 0 aliphatic heterocycles. The molecule has 1 unspecified atom stereocenters. The quantitative estimate of drug-likeness (QED) is 0.834. The van der Waals surface area contributed by atoms with Crippen LogP contribution >= 0.6 is 0 Å². The Labute approximate surface area is 142 Å². The third-order valence-corrected chi connectivity index (χ3v) is 6.43. The van der Waals surface area contributed by atoms with Gasteiger partial charge in [0.15, 0.2) is 11.5 Å². The van der Waals surface area contributed by atoms with Gasteiger partial charge in [-0.15, -0.1) is 0 Å². The molecular weight excluding hydrogens is 326 g/mol. The van der Waals surface area contributed by atoms with Crippen LogP contribution in [-0.2, 0) is 16.4 Å². The first-order chi connectivity index (χ1) is 11.5. The lowest BCUT2D eigenvalue weighted by Crippen LogP contribution is -2.30. The maximum Gasteiger partial charge on any atom is 0.243 e. The molecule has 0 N–H and O–H groups in total. The number of sulfonamides is 1. The number of benzene rings is 2. The molecule has 2 aromatic rings. The van der Waals surface area contributed by atoms with Gasteiger partial charge in [0, 0.05) is 13.1 Å². The summed E-state index contributed by atoms with van der Waals surface area (Å²) in [5.74, 6) is 0.907. The Bertz CT molecular complexity index is 848. The van der Waals surface area contributed by atoms with E-state index in [0.29, 0.717) is 11.5 Å². The fourth-order valence-electron chi connectivity index (χ4n) is 3.22.